The van der Waals surface area contributed by atoms with E-state index >= 15 is 0 Å². The topological polar surface area (TPSA) is 61.5 Å². The highest BCUT2D eigenvalue weighted by Crippen LogP contribution is 2.31. The molecule has 0 radical (unpaired) electrons. The fraction of sp³-hybridized carbons (Fsp3) is 0.222. The third-order valence-corrected chi connectivity index (χ3v) is 4.82. The van der Waals surface area contributed by atoms with Crippen LogP contribution in [0.25, 0.3) is 22.2 Å². The average Bonchev–Trinajstić information content (AvgIpc) is 2.97. The predicted molar refractivity (Wildman–Crippen MR) is 94.9 cm³/mol. The third-order valence-electron chi connectivity index (χ3n) is 3.48. The van der Waals surface area contributed by atoms with Crippen LogP contribution >= 0.6 is 0 Å². The molecule has 124 valence electrons. The molecule has 0 amide bonds. The van der Waals surface area contributed by atoms with Gasteiger partial charge < -0.3 is 9.08 Å². The summed E-state index contributed by atoms with van der Waals surface area (Å²) >= 11 is -1.36. The summed E-state index contributed by atoms with van der Waals surface area (Å²) in [5, 5.41) is 4.60. The van der Waals surface area contributed by atoms with Crippen molar-refractivity contribution >= 4 is 28.5 Å². The monoisotopic (exact) mass is 344 g/mol. The third kappa shape index (κ3) is 3.20. The summed E-state index contributed by atoms with van der Waals surface area (Å²) in [6.45, 7) is 5.58. The number of benzene rings is 2. The Bertz CT molecular complexity index is 899. The fourth-order valence-electron chi connectivity index (χ4n) is 2.21. The largest absolute Gasteiger partial charge is 0.591 e. The molecule has 0 aliphatic carbocycles. The summed E-state index contributed by atoms with van der Waals surface area (Å²) in [7, 11) is 0. The van der Waals surface area contributed by atoms with Crippen molar-refractivity contribution in [3.8, 4) is 11.3 Å². The number of para-hydroxylation sites is 1. The number of hydrogen-bond donors (Lipinski definition) is 0. The molecule has 24 heavy (non-hydrogen) atoms. The van der Waals surface area contributed by atoms with Gasteiger partial charge >= 0.3 is 0 Å². The minimum absolute atomic E-state index is 0.123. The zero-order chi connectivity index (χ0) is 17.3. The van der Waals surface area contributed by atoms with E-state index in [2.05, 4.69) is 9.55 Å². The van der Waals surface area contributed by atoms with E-state index in [4.69, 9.17) is 4.52 Å². The lowest BCUT2D eigenvalue weighted by Crippen LogP contribution is -2.25. The number of halogens is 1. The molecular formula is C18H17FN2O2S. The summed E-state index contributed by atoms with van der Waals surface area (Å²) < 4.78 is 34.8. The normalized spacial score (nSPS) is 13.7. The molecule has 1 heterocycles. The minimum atomic E-state index is -1.36. The van der Waals surface area contributed by atoms with Gasteiger partial charge in [-0.25, -0.2) is 4.39 Å². The van der Waals surface area contributed by atoms with E-state index in [-0.39, 0.29) is 5.58 Å². The second-order valence-electron chi connectivity index (χ2n) is 6.33. The van der Waals surface area contributed by atoms with Crippen LogP contribution < -0.4 is 0 Å². The van der Waals surface area contributed by atoms with Crippen LogP contribution in [0.15, 0.2) is 51.4 Å². The van der Waals surface area contributed by atoms with E-state index in [1.165, 1.54) is 6.07 Å². The SMILES string of the molecule is CC(C)(C)[S+]([O-])N=Cc1ccccc1-c1noc2c(F)cccc12. The van der Waals surface area contributed by atoms with Crippen molar-refractivity contribution in [3.63, 3.8) is 0 Å². The van der Waals surface area contributed by atoms with Gasteiger partial charge in [-0.15, -0.1) is 0 Å². The van der Waals surface area contributed by atoms with Gasteiger partial charge in [0.2, 0.25) is 5.58 Å². The Morgan fingerprint density at radius 1 is 1.17 bits per heavy atom. The maximum Gasteiger partial charge on any atom is 0.203 e. The second kappa shape index (κ2) is 6.37. The van der Waals surface area contributed by atoms with Gasteiger partial charge in [-0.3, -0.25) is 0 Å². The van der Waals surface area contributed by atoms with Crippen LogP contribution in [0.3, 0.4) is 0 Å². The number of hydrogen-bond acceptors (Lipinski definition) is 4. The van der Waals surface area contributed by atoms with E-state index in [0.29, 0.717) is 11.1 Å². The van der Waals surface area contributed by atoms with E-state index in [0.717, 1.165) is 11.1 Å². The molecule has 1 aromatic heterocycles. The highest BCUT2D eigenvalue weighted by molar-refractivity contribution is 7.91. The molecule has 0 bridgehead atoms. The smallest absolute Gasteiger partial charge is 0.203 e. The zero-order valence-corrected chi connectivity index (χ0v) is 14.4. The molecule has 0 saturated carbocycles. The lowest BCUT2D eigenvalue weighted by atomic mass is 10.0. The Morgan fingerprint density at radius 2 is 1.92 bits per heavy atom. The van der Waals surface area contributed by atoms with Gasteiger partial charge in [0.1, 0.15) is 21.8 Å². The van der Waals surface area contributed by atoms with Gasteiger partial charge in [-0.2, -0.15) is 0 Å². The van der Waals surface area contributed by atoms with Crippen LogP contribution in [0.1, 0.15) is 26.3 Å². The summed E-state index contributed by atoms with van der Waals surface area (Å²) in [5.41, 5.74) is 2.15. The van der Waals surface area contributed by atoms with Crippen molar-refractivity contribution in [1.29, 1.82) is 0 Å². The number of fused-ring (bicyclic) bond motifs is 1. The Balaban J connectivity index is 2.06. The molecule has 6 heteroatoms. The first-order valence-electron chi connectivity index (χ1n) is 7.47. The fourth-order valence-corrected chi connectivity index (χ4v) is 2.74. The van der Waals surface area contributed by atoms with Crippen molar-refractivity contribution < 1.29 is 13.5 Å². The van der Waals surface area contributed by atoms with Crippen molar-refractivity contribution in [2.24, 2.45) is 4.40 Å². The molecule has 0 spiro atoms. The molecular weight excluding hydrogens is 327 g/mol. The Morgan fingerprint density at radius 3 is 2.67 bits per heavy atom. The highest BCUT2D eigenvalue weighted by Gasteiger charge is 2.26. The van der Waals surface area contributed by atoms with Crippen LogP contribution in [0.4, 0.5) is 4.39 Å². The summed E-state index contributed by atoms with van der Waals surface area (Å²) in [5.74, 6) is -0.453. The van der Waals surface area contributed by atoms with Gasteiger partial charge in [0.05, 0.1) is 11.6 Å². The maximum atomic E-state index is 13.8. The number of rotatable bonds is 3. The molecule has 1 atom stereocenters. The Labute approximate surface area is 142 Å². The van der Waals surface area contributed by atoms with Crippen molar-refractivity contribution in [2.75, 3.05) is 0 Å². The Kier molecular flexibility index (Phi) is 4.43. The van der Waals surface area contributed by atoms with Crippen molar-refractivity contribution in [1.82, 2.24) is 5.16 Å². The van der Waals surface area contributed by atoms with Gasteiger partial charge in [0.25, 0.3) is 0 Å². The van der Waals surface area contributed by atoms with Gasteiger partial charge in [0.15, 0.2) is 5.82 Å². The van der Waals surface area contributed by atoms with Crippen LogP contribution in [-0.4, -0.2) is 20.7 Å². The number of aromatic nitrogens is 1. The maximum absolute atomic E-state index is 13.8. The molecule has 0 fully saturated rings. The van der Waals surface area contributed by atoms with Crippen molar-refractivity contribution in [2.45, 2.75) is 25.5 Å². The van der Waals surface area contributed by atoms with Gasteiger partial charge in [-0.05, 0) is 32.9 Å². The highest BCUT2D eigenvalue weighted by atomic mass is 32.2. The van der Waals surface area contributed by atoms with E-state index in [1.54, 1.807) is 18.3 Å². The molecule has 3 aromatic rings. The van der Waals surface area contributed by atoms with Crippen LogP contribution in [0.5, 0.6) is 0 Å². The summed E-state index contributed by atoms with van der Waals surface area (Å²) in [6.07, 6.45) is 1.57. The lowest BCUT2D eigenvalue weighted by molar-refractivity contribution is 0.443. The zero-order valence-electron chi connectivity index (χ0n) is 13.6. The van der Waals surface area contributed by atoms with Crippen LogP contribution in [0, 0.1) is 5.82 Å². The van der Waals surface area contributed by atoms with E-state index < -0.39 is 21.9 Å². The van der Waals surface area contributed by atoms with Crippen LogP contribution in [-0.2, 0) is 11.4 Å². The molecule has 1 unspecified atom stereocenters. The Hall–Kier alpha value is -2.18. The van der Waals surface area contributed by atoms with Crippen LogP contribution in [0.2, 0.25) is 0 Å². The summed E-state index contributed by atoms with van der Waals surface area (Å²) in [4.78, 5) is 0. The van der Waals surface area contributed by atoms with E-state index in [1.807, 2.05) is 45.0 Å². The second-order valence-corrected chi connectivity index (χ2v) is 8.26. The van der Waals surface area contributed by atoms with E-state index in [9.17, 15) is 8.94 Å². The summed E-state index contributed by atoms with van der Waals surface area (Å²) in [6, 6.07) is 12.1. The molecule has 0 aliphatic rings. The average molecular weight is 344 g/mol. The standard InChI is InChI=1S/C18H17FN2O2S/c1-18(2,3)24(22)20-11-12-7-4-5-8-13(12)16-14-9-6-10-15(19)17(14)23-21-16/h4-11H,1-3H3. The first kappa shape index (κ1) is 16.7. The molecule has 4 nitrogen and oxygen atoms in total. The molecule has 0 N–H and O–H groups in total. The minimum Gasteiger partial charge on any atom is -0.591 e. The van der Waals surface area contributed by atoms with Crippen molar-refractivity contribution in [3.05, 3.63) is 53.8 Å². The first-order chi connectivity index (χ1) is 11.4. The molecule has 0 aliphatic heterocycles. The number of nitrogens with zero attached hydrogens (tertiary/aromatic N) is 2. The predicted octanol–water partition coefficient (Wildman–Crippen LogP) is 4.52. The molecule has 2 aromatic carbocycles. The molecule has 0 saturated heterocycles. The first-order valence-corrected chi connectivity index (χ1v) is 8.58. The quantitative estimate of drug-likeness (QED) is 0.518. The van der Waals surface area contributed by atoms with Gasteiger partial charge in [0, 0.05) is 11.1 Å². The lowest BCUT2D eigenvalue weighted by Gasteiger charge is -2.17. The molecule has 3 rings (SSSR count). The van der Waals surface area contributed by atoms with Gasteiger partial charge in [-0.1, -0.05) is 39.9 Å².